The predicted octanol–water partition coefficient (Wildman–Crippen LogP) is 12.9. The summed E-state index contributed by atoms with van der Waals surface area (Å²) in [6.45, 7) is 28.6. The summed E-state index contributed by atoms with van der Waals surface area (Å²) >= 11 is 39.3. The molecule has 90 heavy (non-hydrogen) atoms. The third-order valence-electron chi connectivity index (χ3n) is 16.5. The lowest BCUT2D eigenvalue weighted by Gasteiger charge is -2.33. The molecule has 3 aromatic carbocycles. The molecule has 0 radical (unpaired) electrons. The second kappa shape index (κ2) is 28.9. The molecule has 27 heteroatoms. The maximum absolute atomic E-state index is 6.69. The Kier molecular flexibility index (Phi) is 21.3. The van der Waals surface area contributed by atoms with Gasteiger partial charge in [-0.15, -0.1) is 0 Å². The molecule has 6 aromatic heterocycles. The minimum absolute atomic E-state index is 0.147. The van der Waals surface area contributed by atoms with Crippen molar-refractivity contribution in [1.82, 2.24) is 43.1 Å². The molecule has 21 nitrogen and oxygen atoms in total. The van der Waals surface area contributed by atoms with Crippen molar-refractivity contribution in [2.75, 3.05) is 131 Å². The Morgan fingerprint density at radius 1 is 0.433 bits per heavy atom. The molecule has 3 aliphatic heterocycles. The normalized spacial score (nSPS) is 15.6. The van der Waals surface area contributed by atoms with Gasteiger partial charge in [0.25, 0.3) is 0 Å². The van der Waals surface area contributed by atoms with Gasteiger partial charge in [0.1, 0.15) is 51.3 Å². The van der Waals surface area contributed by atoms with Gasteiger partial charge in [-0.3, -0.25) is 13.2 Å². The summed E-state index contributed by atoms with van der Waals surface area (Å²) in [5.41, 5.74) is 28.8. The molecule has 3 fully saturated rings. The Balaban J connectivity index is 0.000000148. The molecule has 9 aromatic rings. The molecule has 3 aliphatic rings. The second-order valence-corrected chi connectivity index (χ2v) is 24.2. The fourth-order valence-electron chi connectivity index (χ4n) is 12.0. The predicted molar refractivity (Wildman–Crippen MR) is 361 cm³/mol. The molecule has 0 bridgehead atoms. The molecular weight excluding hydrogens is 1280 g/mol. The maximum atomic E-state index is 6.69. The summed E-state index contributed by atoms with van der Waals surface area (Å²) in [5, 5.41) is 3.05. The van der Waals surface area contributed by atoms with E-state index in [-0.39, 0.29) is 17.8 Å². The van der Waals surface area contributed by atoms with Crippen LogP contribution < -0.4 is 46.1 Å². The van der Waals surface area contributed by atoms with E-state index < -0.39 is 0 Å². The van der Waals surface area contributed by atoms with Gasteiger partial charge in [-0.1, -0.05) is 90.4 Å². The lowest BCUT2D eigenvalue weighted by molar-refractivity contribution is 0.122. The highest BCUT2D eigenvalue weighted by molar-refractivity contribution is 6.35. The molecule has 0 aliphatic carbocycles. The standard InChI is InChI=1S/3C21H25Cl2N5O2/c3*1-4-30-18-14(11-15(22)13(3)16(18)27-7-9-29-10-8-27)12(2)21-26-19(23)17-20(24)25-5-6-28(17)21/h3*5-6,11-12H,4,7-10H2,1-3H3,(H2,24,25)/t2*12-;/m10./s1. The Hall–Kier alpha value is -6.66. The summed E-state index contributed by atoms with van der Waals surface area (Å²) in [4.78, 5) is 33.0. The first-order valence-corrected chi connectivity index (χ1v) is 32.3. The van der Waals surface area contributed by atoms with Crippen LogP contribution in [0.25, 0.3) is 16.6 Å². The van der Waals surface area contributed by atoms with E-state index in [1.54, 1.807) is 18.6 Å². The fourth-order valence-corrected chi connectivity index (χ4v) is 13.5. The number of halogens is 6. The van der Waals surface area contributed by atoms with Crippen molar-refractivity contribution >= 4 is 121 Å². The first-order valence-electron chi connectivity index (χ1n) is 30.0. The van der Waals surface area contributed by atoms with E-state index in [9.17, 15) is 0 Å². The largest absolute Gasteiger partial charge is 0.491 e. The Bertz CT molecular complexity index is 3650. The van der Waals surface area contributed by atoms with Crippen molar-refractivity contribution < 1.29 is 28.4 Å². The molecule has 480 valence electrons. The van der Waals surface area contributed by atoms with Gasteiger partial charge in [0.15, 0.2) is 32.9 Å². The van der Waals surface area contributed by atoms with E-state index >= 15 is 0 Å². The molecule has 9 heterocycles. The minimum atomic E-state index is -0.147. The number of hydrogen-bond donors (Lipinski definition) is 3. The lowest BCUT2D eigenvalue weighted by atomic mass is 9.95. The molecule has 0 saturated carbocycles. The summed E-state index contributed by atoms with van der Waals surface area (Å²) in [6.07, 6.45) is 10.4. The van der Waals surface area contributed by atoms with Crippen LogP contribution in [0.1, 0.15) is 110 Å². The van der Waals surface area contributed by atoms with Crippen molar-refractivity contribution in [3.8, 4) is 17.2 Å². The molecule has 0 amide bonds. The van der Waals surface area contributed by atoms with Crippen LogP contribution in [0, 0.1) is 20.8 Å². The van der Waals surface area contributed by atoms with Crippen LogP contribution in [0.5, 0.6) is 17.2 Å². The zero-order valence-electron chi connectivity index (χ0n) is 51.9. The average Bonchev–Trinajstić information content (AvgIpc) is 1.38. The van der Waals surface area contributed by atoms with E-state index in [1.807, 2.05) is 91.5 Å². The van der Waals surface area contributed by atoms with Gasteiger partial charge < -0.3 is 60.3 Å². The number of nitrogen functional groups attached to an aromatic ring is 3. The number of imidazole rings is 3. The van der Waals surface area contributed by atoms with Crippen LogP contribution in [0.4, 0.5) is 34.5 Å². The molecule has 0 spiro atoms. The summed E-state index contributed by atoms with van der Waals surface area (Å²) in [5.74, 6) is 5.30. The number of hydrogen-bond acceptors (Lipinski definition) is 18. The average molecular weight is 1350 g/mol. The number of aromatic nitrogens is 9. The first-order chi connectivity index (χ1) is 43.3. The summed E-state index contributed by atoms with van der Waals surface area (Å²) < 4.78 is 40.8. The molecule has 6 N–H and O–H groups in total. The Morgan fingerprint density at radius 2 is 0.678 bits per heavy atom. The van der Waals surface area contributed by atoms with Gasteiger partial charge in [-0.25, -0.2) is 29.9 Å². The van der Waals surface area contributed by atoms with E-state index in [0.717, 1.165) is 124 Å². The van der Waals surface area contributed by atoms with Crippen LogP contribution in [0.2, 0.25) is 30.5 Å². The highest BCUT2D eigenvalue weighted by Crippen LogP contribution is 2.48. The number of nitrogens with two attached hydrogens (primary N) is 3. The van der Waals surface area contributed by atoms with Crippen LogP contribution in [-0.2, 0) is 14.2 Å². The first kappa shape index (κ1) is 66.3. The lowest BCUT2D eigenvalue weighted by Crippen LogP contribution is -2.37. The van der Waals surface area contributed by atoms with E-state index in [2.05, 4.69) is 65.4 Å². The van der Waals surface area contributed by atoms with Gasteiger partial charge in [-0.2, -0.15) is 0 Å². The minimum Gasteiger partial charge on any atom is -0.491 e. The zero-order valence-corrected chi connectivity index (χ0v) is 56.4. The van der Waals surface area contributed by atoms with Crippen molar-refractivity contribution in [2.24, 2.45) is 0 Å². The molecular formula is C63H75Cl6N15O6. The number of rotatable bonds is 15. The fraction of sp³-hybridized carbons (Fsp3) is 0.429. The van der Waals surface area contributed by atoms with Gasteiger partial charge in [0.2, 0.25) is 0 Å². The molecule has 12 rings (SSSR count). The highest BCUT2D eigenvalue weighted by atomic mass is 35.5. The summed E-state index contributed by atoms with van der Waals surface area (Å²) in [6, 6.07) is 5.90. The Morgan fingerprint density at radius 3 is 0.911 bits per heavy atom. The van der Waals surface area contributed by atoms with Crippen LogP contribution in [0.3, 0.4) is 0 Å². The van der Waals surface area contributed by atoms with Crippen LogP contribution >= 0.6 is 69.6 Å². The molecule has 1 unspecified atom stereocenters. The SMILES string of the molecule is CCOc1c(C(C)c2nc(Cl)c3c(N)nccn23)cc(Cl)c(C)c1N1CCOCC1.CCOc1c([C@@H](C)c2nc(Cl)c3c(N)nccn23)cc(Cl)c(C)c1N1CCOCC1.CCOc1c([C@H](C)c2nc(Cl)c3c(N)nccn23)cc(Cl)c(C)c1N1CCOCC1. The van der Waals surface area contributed by atoms with Crippen LogP contribution in [-0.4, -0.2) is 142 Å². The van der Waals surface area contributed by atoms with E-state index in [4.69, 9.17) is 115 Å². The second-order valence-electron chi connectivity index (χ2n) is 21.9. The van der Waals surface area contributed by atoms with E-state index in [0.29, 0.717) is 124 Å². The van der Waals surface area contributed by atoms with Gasteiger partial charge in [0, 0.05) is 126 Å². The maximum Gasteiger partial charge on any atom is 0.158 e. The van der Waals surface area contributed by atoms with Gasteiger partial charge in [-0.05, 0) is 76.4 Å². The Labute approximate surface area is 553 Å². The quantitative estimate of drug-likeness (QED) is 0.0865. The number of fused-ring (bicyclic) bond motifs is 3. The molecule has 3 saturated heterocycles. The third-order valence-corrected chi connectivity index (χ3v) is 18.5. The third kappa shape index (κ3) is 13.1. The highest BCUT2D eigenvalue weighted by Gasteiger charge is 2.32. The monoisotopic (exact) mass is 1350 g/mol. The van der Waals surface area contributed by atoms with E-state index in [1.165, 1.54) is 0 Å². The van der Waals surface area contributed by atoms with Crippen molar-refractivity contribution in [2.45, 2.75) is 80.1 Å². The van der Waals surface area contributed by atoms with Crippen molar-refractivity contribution in [3.05, 3.63) is 137 Å². The molecule has 3 atom stereocenters. The number of nitrogens with zero attached hydrogens (tertiary/aromatic N) is 12. The number of ether oxygens (including phenoxy) is 6. The summed E-state index contributed by atoms with van der Waals surface area (Å²) in [7, 11) is 0. The topological polar surface area (TPSA) is 234 Å². The van der Waals surface area contributed by atoms with Crippen molar-refractivity contribution in [1.29, 1.82) is 0 Å². The zero-order chi connectivity index (χ0) is 64.2. The van der Waals surface area contributed by atoms with Crippen molar-refractivity contribution in [3.63, 3.8) is 0 Å². The number of morpholine rings is 3. The van der Waals surface area contributed by atoms with Gasteiger partial charge >= 0.3 is 0 Å². The van der Waals surface area contributed by atoms with Crippen LogP contribution in [0.15, 0.2) is 55.4 Å². The number of benzene rings is 3. The number of anilines is 6. The van der Waals surface area contributed by atoms with Gasteiger partial charge in [0.05, 0.1) is 76.5 Å². The smallest absolute Gasteiger partial charge is 0.158 e.